The quantitative estimate of drug-likeness (QED) is 0.412. The summed E-state index contributed by atoms with van der Waals surface area (Å²) in [7, 11) is 1.30. The molecule has 0 bridgehead atoms. The van der Waals surface area contributed by atoms with Gasteiger partial charge >= 0.3 is 12.1 Å². The Bertz CT molecular complexity index is 1130. The van der Waals surface area contributed by atoms with E-state index in [1.165, 1.54) is 48.0 Å². The second-order valence-corrected chi connectivity index (χ2v) is 8.54. The molecule has 2 amide bonds. The molecule has 0 aliphatic carbocycles. The van der Waals surface area contributed by atoms with Gasteiger partial charge in [-0.2, -0.15) is 0 Å². The summed E-state index contributed by atoms with van der Waals surface area (Å²) >= 11 is 6.21. The molecular formula is C22H18N2O6S2. The number of amides is 2. The van der Waals surface area contributed by atoms with Gasteiger partial charge in [-0.05, 0) is 54.5 Å². The molecule has 1 saturated heterocycles. The van der Waals surface area contributed by atoms with Crippen LogP contribution in [0.15, 0.2) is 47.4 Å². The van der Waals surface area contributed by atoms with E-state index in [0.717, 1.165) is 5.56 Å². The van der Waals surface area contributed by atoms with Crippen LogP contribution in [0.1, 0.15) is 22.3 Å². The van der Waals surface area contributed by atoms with E-state index >= 15 is 0 Å². The molecule has 2 aliphatic rings. The van der Waals surface area contributed by atoms with Crippen molar-refractivity contribution in [3.63, 3.8) is 0 Å². The van der Waals surface area contributed by atoms with Gasteiger partial charge in [-0.25, -0.2) is 9.59 Å². The van der Waals surface area contributed by atoms with Crippen molar-refractivity contribution in [1.82, 2.24) is 5.32 Å². The molecule has 0 spiro atoms. The molecule has 2 heterocycles. The second kappa shape index (κ2) is 9.41. The lowest BCUT2D eigenvalue weighted by atomic mass is 10.1. The fourth-order valence-electron chi connectivity index (χ4n) is 3.18. The average molecular weight is 471 g/mol. The first-order valence-corrected chi connectivity index (χ1v) is 10.9. The lowest BCUT2D eigenvalue weighted by Gasteiger charge is -2.21. The number of hydrogen-bond acceptors (Lipinski definition) is 8. The summed E-state index contributed by atoms with van der Waals surface area (Å²) in [6.45, 7) is 0.850. The van der Waals surface area contributed by atoms with Crippen LogP contribution in [-0.4, -0.2) is 42.6 Å². The Hall–Kier alpha value is -3.37. The molecule has 164 valence electrons. The number of rotatable bonds is 3. The molecule has 2 aliphatic heterocycles. The molecule has 8 nitrogen and oxygen atoms in total. The second-order valence-electron chi connectivity index (χ2n) is 6.82. The highest BCUT2D eigenvalue weighted by Crippen LogP contribution is 2.34. The number of methoxy groups -OCH3 is 1. The number of nitrogens with one attached hydrogen (secondary N) is 1. The highest BCUT2D eigenvalue weighted by atomic mass is 32.2. The van der Waals surface area contributed by atoms with E-state index < -0.39 is 12.1 Å². The van der Waals surface area contributed by atoms with Gasteiger partial charge in [0.1, 0.15) is 15.8 Å². The van der Waals surface area contributed by atoms with E-state index in [1.807, 2.05) is 0 Å². The van der Waals surface area contributed by atoms with Gasteiger partial charge in [0.25, 0.3) is 5.91 Å². The molecule has 4 rings (SSSR count). The van der Waals surface area contributed by atoms with Crippen LogP contribution in [0.25, 0.3) is 6.08 Å². The van der Waals surface area contributed by atoms with Crippen LogP contribution < -0.4 is 19.7 Å². The Labute approximate surface area is 193 Å². The number of carbonyl (C=O) groups is 3. The van der Waals surface area contributed by atoms with E-state index in [-0.39, 0.29) is 5.91 Å². The third-order valence-electron chi connectivity index (χ3n) is 4.70. The topological polar surface area (TPSA) is 94.2 Å². The van der Waals surface area contributed by atoms with Gasteiger partial charge in [-0.15, -0.1) is 0 Å². The predicted octanol–water partition coefficient (Wildman–Crippen LogP) is 3.75. The van der Waals surface area contributed by atoms with Gasteiger partial charge in [-0.1, -0.05) is 30.0 Å². The standard InChI is InChI=1S/C22H18N2O6S2/c1-28-20(26)14-4-6-15(7-5-14)30-22(27)24-9-2-10-29-17-8-3-13(11-16(17)24)12-18-19(25)23-21(31)32-18/h3-8,11-12H,2,9-10H2,1H3,(H,23,25,31). The maximum Gasteiger partial charge on any atom is 0.419 e. The Morgan fingerprint density at radius 3 is 2.69 bits per heavy atom. The molecule has 2 aromatic carbocycles. The molecule has 0 saturated carbocycles. The summed E-state index contributed by atoms with van der Waals surface area (Å²) in [6.07, 6.45) is 1.75. The summed E-state index contributed by atoms with van der Waals surface area (Å²) in [5.74, 6) is 0.109. The molecular weight excluding hydrogens is 452 g/mol. The molecule has 1 fully saturated rings. The van der Waals surface area contributed by atoms with E-state index in [9.17, 15) is 14.4 Å². The molecule has 0 radical (unpaired) electrons. The van der Waals surface area contributed by atoms with E-state index in [2.05, 4.69) is 10.1 Å². The van der Waals surface area contributed by atoms with Gasteiger partial charge in [0, 0.05) is 6.54 Å². The maximum atomic E-state index is 13.0. The Balaban J connectivity index is 1.58. The molecule has 1 N–H and O–H groups in total. The normalized spacial score (nSPS) is 16.7. The highest BCUT2D eigenvalue weighted by Gasteiger charge is 2.26. The first kappa shape index (κ1) is 21.8. The molecule has 0 aromatic heterocycles. The van der Waals surface area contributed by atoms with E-state index in [1.54, 1.807) is 24.3 Å². The van der Waals surface area contributed by atoms with Gasteiger partial charge in [-0.3, -0.25) is 9.69 Å². The Kier molecular flexibility index (Phi) is 6.42. The first-order chi connectivity index (χ1) is 15.4. The van der Waals surface area contributed by atoms with Crippen molar-refractivity contribution >= 4 is 58.0 Å². The molecule has 0 unspecified atom stereocenters. The van der Waals surface area contributed by atoms with Crippen molar-refractivity contribution in [3.8, 4) is 11.5 Å². The first-order valence-electron chi connectivity index (χ1n) is 9.64. The zero-order valence-electron chi connectivity index (χ0n) is 17.0. The van der Waals surface area contributed by atoms with Crippen LogP contribution in [0.5, 0.6) is 11.5 Å². The van der Waals surface area contributed by atoms with Crippen LogP contribution in [0.4, 0.5) is 10.5 Å². The number of anilines is 1. The van der Waals surface area contributed by atoms with Crippen LogP contribution in [-0.2, 0) is 9.53 Å². The lowest BCUT2D eigenvalue weighted by Crippen LogP contribution is -2.34. The van der Waals surface area contributed by atoms with Crippen LogP contribution in [0.2, 0.25) is 0 Å². The fraction of sp³-hybridized carbons (Fsp3) is 0.182. The SMILES string of the molecule is COC(=O)c1ccc(OC(=O)N2CCCOc3ccc(C=C4SC(=S)NC4=O)cc32)cc1. The zero-order chi connectivity index (χ0) is 22.7. The number of esters is 1. The predicted molar refractivity (Wildman–Crippen MR) is 124 cm³/mol. The number of ether oxygens (including phenoxy) is 3. The minimum Gasteiger partial charge on any atom is -0.491 e. The van der Waals surface area contributed by atoms with Crippen molar-refractivity contribution in [2.45, 2.75) is 6.42 Å². The molecule has 2 aromatic rings. The molecule has 32 heavy (non-hydrogen) atoms. The van der Waals surface area contributed by atoms with Crippen molar-refractivity contribution in [1.29, 1.82) is 0 Å². The van der Waals surface area contributed by atoms with Crippen LogP contribution in [0, 0.1) is 0 Å². The van der Waals surface area contributed by atoms with E-state index in [4.69, 9.17) is 21.7 Å². The number of thiocarbonyl (C=S) groups is 1. The minimum absolute atomic E-state index is 0.252. The van der Waals surface area contributed by atoms with Gasteiger partial charge in [0.2, 0.25) is 0 Å². The minimum atomic E-state index is -0.582. The zero-order valence-corrected chi connectivity index (χ0v) is 18.6. The van der Waals surface area contributed by atoms with Gasteiger partial charge < -0.3 is 19.5 Å². The van der Waals surface area contributed by atoms with Crippen molar-refractivity contribution < 1.29 is 28.6 Å². The monoisotopic (exact) mass is 470 g/mol. The maximum absolute atomic E-state index is 13.0. The Morgan fingerprint density at radius 1 is 1.22 bits per heavy atom. The number of hydrogen-bond donors (Lipinski definition) is 1. The number of benzene rings is 2. The number of fused-ring (bicyclic) bond motifs is 1. The smallest absolute Gasteiger partial charge is 0.419 e. The number of carbonyl (C=O) groups excluding carboxylic acids is 3. The van der Waals surface area contributed by atoms with Gasteiger partial charge in [0.05, 0.1) is 29.9 Å². The number of nitrogens with zero attached hydrogens (tertiary/aromatic N) is 1. The summed E-state index contributed by atoms with van der Waals surface area (Å²) in [5.41, 5.74) is 1.61. The average Bonchev–Trinajstić information content (AvgIpc) is 2.98. The van der Waals surface area contributed by atoms with Crippen molar-refractivity contribution in [3.05, 3.63) is 58.5 Å². The summed E-state index contributed by atoms with van der Waals surface area (Å²) in [4.78, 5) is 38.5. The largest absolute Gasteiger partial charge is 0.491 e. The van der Waals surface area contributed by atoms with Crippen molar-refractivity contribution in [2.24, 2.45) is 0 Å². The Morgan fingerprint density at radius 2 is 2.00 bits per heavy atom. The molecule has 0 atom stereocenters. The van der Waals surface area contributed by atoms with Gasteiger partial charge in [0.15, 0.2) is 0 Å². The third kappa shape index (κ3) is 4.76. The van der Waals surface area contributed by atoms with E-state index in [0.29, 0.717) is 51.5 Å². The number of thioether (sulfide) groups is 1. The van der Waals surface area contributed by atoms with Crippen molar-refractivity contribution in [2.75, 3.05) is 25.2 Å². The lowest BCUT2D eigenvalue weighted by molar-refractivity contribution is -0.115. The third-order valence-corrected chi connectivity index (χ3v) is 5.86. The highest BCUT2D eigenvalue weighted by molar-refractivity contribution is 8.26. The van der Waals surface area contributed by atoms with Crippen LogP contribution in [0.3, 0.4) is 0 Å². The molecule has 10 heteroatoms. The summed E-state index contributed by atoms with van der Waals surface area (Å²) < 4.78 is 16.4. The summed E-state index contributed by atoms with van der Waals surface area (Å²) in [5, 5.41) is 2.58. The summed E-state index contributed by atoms with van der Waals surface area (Å²) in [6, 6.07) is 11.4. The van der Waals surface area contributed by atoms with Crippen LogP contribution >= 0.6 is 24.0 Å². The fourth-order valence-corrected chi connectivity index (χ4v) is 4.22.